The summed E-state index contributed by atoms with van der Waals surface area (Å²) in [4.78, 5) is 21.8. The van der Waals surface area contributed by atoms with Crippen LogP contribution >= 0.6 is 0 Å². The molecule has 0 aliphatic heterocycles. The monoisotopic (exact) mass is 311 g/mol. The molecule has 0 bridgehead atoms. The largest absolute Gasteiger partial charge is 0.389 e. The first-order chi connectivity index (χ1) is 10.7. The molecule has 0 radical (unpaired) electrons. The maximum atomic E-state index is 11.2. The molecule has 0 rings (SSSR count). The molecule has 4 heteroatoms. The number of nitrogens with one attached hydrogen (secondary N) is 1. The van der Waals surface area contributed by atoms with Crippen LogP contribution in [-0.2, 0) is 14.3 Å². The Labute approximate surface area is 135 Å². The van der Waals surface area contributed by atoms with Gasteiger partial charge in [0.2, 0.25) is 0 Å². The predicted molar refractivity (Wildman–Crippen MR) is 90.2 cm³/mol. The molecule has 0 saturated heterocycles. The summed E-state index contributed by atoms with van der Waals surface area (Å²) in [5.74, 6) is -1.39. The van der Waals surface area contributed by atoms with Gasteiger partial charge in [0.15, 0.2) is 0 Å². The van der Waals surface area contributed by atoms with Crippen molar-refractivity contribution in [3.05, 3.63) is 0 Å². The van der Waals surface area contributed by atoms with E-state index in [0.717, 1.165) is 19.3 Å². The van der Waals surface area contributed by atoms with Crippen molar-refractivity contribution in [3.63, 3.8) is 0 Å². The highest BCUT2D eigenvalue weighted by Gasteiger charge is 2.06. The van der Waals surface area contributed by atoms with E-state index in [2.05, 4.69) is 11.7 Å². The lowest BCUT2D eigenvalue weighted by Crippen LogP contribution is -2.12. The number of ether oxygens (including phenoxy) is 1. The number of carbonyl (C=O) groups is 2. The van der Waals surface area contributed by atoms with Crippen molar-refractivity contribution >= 4 is 18.2 Å². The first kappa shape index (κ1) is 20.8. The molecule has 0 heterocycles. The van der Waals surface area contributed by atoms with Crippen molar-refractivity contribution in [2.75, 3.05) is 0 Å². The van der Waals surface area contributed by atoms with E-state index in [9.17, 15) is 9.59 Å². The van der Waals surface area contributed by atoms with Crippen LogP contribution in [0.25, 0.3) is 0 Å². The summed E-state index contributed by atoms with van der Waals surface area (Å²) in [5, 5.41) is 6.63. The van der Waals surface area contributed by atoms with Crippen molar-refractivity contribution in [2.24, 2.45) is 0 Å². The fourth-order valence-corrected chi connectivity index (χ4v) is 2.48. The highest BCUT2D eigenvalue weighted by molar-refractivity contribution is 6.24. The van der Waals surface area contributed by atoms with E-state index in [-0.39, 0.29) is 6.42 Å². The molecule has 0 aromatic carbocycles. The van der Waals surface area contributed by atoms with Crippen LogP contribution in [0, 0.1) is 5.41 Å². The molecule has 0 saturated carbocycles. The predicted octanol–water partition coefficient (Wildman–Crippen LogP) is 5.19. The fraction of sp³-hybridized carbons (Fsp3) is 0.833. The average Bonchev–Trinajstić information content (AvgIpc) is 2.51. The molecular formula is C18H33NO3. The Morgan fingerprint density at radius 1 is 0.773 bits per heavy atom. The lowest BCUT2D eigenvalue weighted by atomic mass is 10.0. The third kappa shape index (κ3) is 15.2. The summed E-state index contributed by atoms with van der Waals surface area (Å²) in [7, 11) is 0. The van der Waals surface area contributed by atoms with Gasteiger partial charge in [0, 0.05) is 6.42 Å². The maximum Gasteiger partial charge on any atom is 0.356 e. The second kappa shape index (κ2) is 16.2. The van der Waals surface area contributed by atoms with Crippen molar-refractivity contribution in [1.29, 1.82) is 5.41 Å². The van der Waals surface area contributed by atoms with E-state index in [4.69, 9.17) is 5.41 Å². The van der Waals surface area contributed by atoms with Gasteiger partial charge in [-0.2, -0.15) is 0 Å². The minimum atomic E-state index is -0.875. The lowest BCUT2D eigenvalue weighted by Gasteiger charge is -2.03. The second-order valence-electron chi connectivity index (χ2n) is 5.93. The van der Waals surface area contributed by atoms with Crippen LogP contribution in [0.4, 0.5) is 0 Å². The minimum absolute atomic E-state index is 0.275. The Morgan fingerprint density at radius 3 is 1.59 bits per heavy atom. The standard InChI is InChI=1S/C18H33NO3/c1-2-3-4-5-6-7-8-9-10-11-12-13-14-15-17(20)22-18(21)16-19/h16,19H,2-15H2,1H3. The van der Waals surface area contributed by atoms with Gasteiger partial charge >= 0.3 is 11.9 Å². The van der Waals surface area contributed by atoms with E-state index in [1.165, 1.54) is 64.2 Å². The van der Waals surface area contributed by atoms with Crippen LogP contribution in [0.3, 0.4) is 0 Å². The van der Waals surface area contributed by atoms with E-state index >= 15 is 0 Å². The minimum Gasteiger partial charge on any atom is -0.389 e. The number of hydrogen-bond donors (Lipinski definition) is 1. The SMILES string of the molecule is CCCCCCCCCCCCCCCC(=O)OC(=O)C=N. The van der Waals surface area contributed by atoms with Crippen LogP contribution < -0.4 is 0 Å². The first-order valence-corrected chi connectivity index (χ1v) is 8.95. The summed E-state index contributed by atoms with van der Waals surface area (Å²) in [6.45, 7) is 2.25. The fourth-order valence-electron chi connectivity index (χ4n) is 2.48. The molecule has 0 aliphatic rings. The van der Waals surface area contributed by atoms with Crippen molar-refractivity contribution < 1.29 is 14.3 Å². The molecule has 0 aromatic heterocycles. The van der Waals surface area contributed by atoms with Gasteiger partial charge in [0.25, 0.3) is 0 Å². The van der Waals surface area contributed by atoms with Gasteiger partial charge in [-0.25, -0.2) is 4.79 Å². The van der Waals surface area contributed by atoms with Crippen LogP contribution in [0.5, 0.6) is 0 Å². The smallest absolute Gasteiger partial charge is 0.356 e. The number of unbranched alkanes of at least 4 members (excludes halogenated alkanes) is 12. The molecule has 0 aromatic rings. The van der Waals surface area contributed by atoms with Gasteiger partial charge < -0.3 is 10.1 Å². The van der Waals surface area contributed by atoms with Crippen LogP contribution in [-0.4, -0.2) is 18.2 Å². The molecule has 0 aliphatic carbocycles. The summed E-state index contributed by atoms with van der Waals surface area (Å²) in [5.41, 5.74) is 0. The summed E-state index contributed by atoms with van der Waals surface area (Å²) in [6, 6.07) is 0. The Kier molecular flexibility index (Phi) is 15.3. The number of rotatable bonds is 15. The zero-order valence-corrected chi connectivity index (χ0v) is 14.2. The number of hydrogen-bond acceptors (Lipinski definition) is 4. The van der Waals surface area contributed by atoms with Crippen molar-refractivity contribution in [3.8, 4) is 0 Å². The summed E-state index contributed by atoms with van der Waals surface area (Å²) >= 11 is 0. The summed E-state index contributed by atoms with van der Waals surface area (Å²) < 4.78 is 4.39. The maximum absolute atomic E-state index is 11.2. The van der Waals surface area contributed by atoms with Gasteiger partial charge in [-0.3, -0.25) is 4.79 Å². The van der Waals surface area contributed by atoms with E-state index in [1.54, 1.807) is 0 Å². The van der Waals surface area contributed by atoms with Crippen molar-refractivity contribution in [1.82, 2.24) is 0 Å². The molecule has 0 fully saturated rings. The molecule has 0 amide bonds. The van der Waals surface area contributed by atoms with Crippen LogP contribution in [0.15, 0.2) is 0 Å². The highest BCUT2D eigenvalue weighted by Crippen LogP contribution is 2.13. The molecule has 128 valence electrons. The van der Waals surface area contributed by atoms with Crippen LogP contribution in [0.1, 0.15) is 96.8 Å². The molecule has 0 atom stereocenters. The summed E-state index contributed by atoms with van der Waals surface area (Å²) in [6.07, 6.45) is 17.1. The molecule has 1 N–H and O–H groups in total. The molecular weight excluding hydrogens is 278 g/mol. The van der Waals surface area contributed by atoms with Crippen molar-refractivity contribution in [2.45, 2.75) is 96.8 Å². The molecule has 0 unspecified atom stereocenters. The van der Waals surface area contributed by atoms with Crippen LogP contribution in [0.2, 0.25) is 0 Å². The second-order valence-corrected chi connectivity index (χ2v) is 5.93. The van der Waals surface area contributed by atoms with E-state index < -0.39 is 11.9 Å². The van der Waals surface area contributed by atoms with Gasteiger partial charge in [0.05, 0.1) is 0 Å². The van der Waals surface area contributed by atoms with Gasteiger partial charge in [-0.15, -0.1) is 0 Å². The Morgan fingerprint density at radius 2 is 1.18 bits per heavy atom. The Balaban J connectivity index is 3.15. The number of carbonyl (C=O) groups excluding carboxylic acids is 2. The van der Waals surface area contributed by atoms with Gasteiger partial charge in [-0.1, -0.05) is 84.0 Å². The van der Waals surface area contributed by atoms with Gasteiger partial charge in [0.1, 0.15) is 6.21 Å². The first-order valence-electron chi connectivity index (χ1n) is 8.95. The molecule has 0 spiro atoms. The Hall–Kier alpha value is -1.19. The average molecular weight is 311 g/mol. The third-order valence-electron chi connectivity index (χ3n) is 3.82. The zero-order chi connectivity index (χ0) is 16.5. The number of esters is 2. The zero-order valence-electron chi connectivity index (χ0n) is 14.2. The topological polar surface area (TPSA) is 67.2 Å². The van der Waals surface area contributed by atoms with Gasteiger partial charge in [-0.05, 0) is 6.42 Å². The lowest BCUT2D eigenvalue weighted by molar-refractivity contribution is -0.154. The highest BCUT2D eigenvalue weighted by atomic mass is 16.6. The quantitative estimate of drug-likeness (QED) is 0.196. The normalized spacial score (nSPS) is 10.4. The third-order valence-corrected chi connectivity index (χ3v) is 3.82. The van der Waals surface area contributed by atoms with E-state index in [1.807, 2.05) is 0 Å². The van der Waals surface area contributed by atoms with E-state index in [0.29, 0.717) is 6.21 Å². The Bertz CT molecular complexity index is 303. The molecule has 4 nitrogen and oxygen atoms in total. The molecule has 22 heavy (non-hydrogen) atoms.